The molecular weight excluding hydrogens is 268 g/mol. The molecule has 0 heterocycles. The predicted molar refractivity (Wildman–Crippen MR) is 77.3 cm³/mol. The average Bonchev–Trinajstić information content (AvgIpc) is 2.34. The van der Waals surface area contributed by atoms with E-state index in [2.05, 4.69) is 6.07 Å². The maximum absolute atomic E-state index is 11.9. The van der Waals surface area contributed by atoms with Crippen LogP contribution >= 0.6 is 21.6 Å². The van der Waals surface area contributed by atoms with Crippen LogP contribution in [0.5, 0.6) is 0 Å². The second-order valence-electron chi connectivity index (χ2n) is 4.38. The third kappa shape index (κ3) is 5.32. The number of carbonyl (C=O) groups is 2. The molecule has 0 bridgehead atoms. The molecule has 0 aromatic carbocycles. The van der Waals surface area contributed by atoms with Crippen molar-refractivity contribution in [2.75, 3.05) is 13.3 Å². The van der Waals surface area contributed by atoms with Crippen LogP contribution in [0.25, 0.3) is 0 Å². The Labute approximate surface area is 117 Å². The summed E-state index contributed by atoms with van der Waals surface area (Å²) < 4.78 is -0.560. The van der Waals surface area contributed by atoms with Gasteiger partial charge in [-0.2, -0.15) is 5.26 Å². The third-order valence-corrected chi connectivity index (χ3v) is 5.32. The van der Waals surface area contributed by atoms with E-state index in [9.17, 15) is 9.59 Å². The quantitative estimate of drug-likeness (QED) is 0.674. The smallest absolute Gasteiger partial charge is 0.223 e. The van der Waals surface area contributed by atoms with Crippen molar-refractivity contribution in [1.29, 1.82) is 5.26 Å². The summed E-state index contributed by atoms with van der Waals surface area (Å²) in [5.41, 5.74) is 0. The second kappa shape index (κ2) is 7.70. The van der Waals surface area contributed by atoms with E-state index in [0.29, 0.717) is 6.42 Å². The maximum atomic E-state index is 11.9. The van der Waals surface area contributed by atoms with Gasteiger partial charge in [0.25, 0.3) is 0 Å². The van der Waals surface area contributed by atoms with E-state index in [1.807, 2.05) is 13.2 Å². The van der Waals surface area contributed by atoms with E-state index in [1.54, 1.807) is 14.0 Å². The van der Waals surface area contributed by atoms with E-state index in [0.717, 1.165) is 0 Å². The largest absolute Gasteiger partial charge is 0.336 e. The number of ketones is 1. The van der Waals surface area contributed by atoms with Crippen LogP contribution in [0.3, 0.4) is 0 Å². The lowest BCUT2D eigenvalue weighted by molar-refractivity contribution is -0.136. The zero-order valence-corrected chi connectivity index (χ0v) is 13.2. The summed E-state index contributed by atoms with van der Waals surface area (Å²) >= 11 is 0. The first-order valence-corrected chi connectivity index (χ1v) is 8.22. The molecule has 0 saturated carbocycles. The number of amides is 1. The van der Waals surface area contributed by atoms with Crippen LogP contribution < -0.4 is 0 Å². The molecule has 2 atom stereocenters. The summed E-state index contributed by atoms with van der Waals surface area (Å²) in [6, 6.07) is 1.83. The normalized spacial score (nSPS) is 15.3. The Morgan fingerprint density at radius 1 is 1.50 bits per heavy atom. The molecule has 0 aromatic heterocycles. The van der Waals surface area contributed by atoms with Gasteiger partial charge >= 0.3 is 0 Å². The number of nitriles is 1. The number of likely N-dealkylation sites (N-methyl/N-ethyl adjacent to an activating group) is 1. The van der Waals surface area contributed by atoms with Crippen LogP contribution in [0, 0.1) is 11.3 Å². The van der Waals surface area contributed by atoms with E-state index < -0.39 is 10.8 Å². The molecule has 1 amide bonds. The lowest BCUT2D eigenvalue weighted by Gasteiger charge is -2.25. The van der Waals surface area contributed by atoms with Gasteiger partial charge in [-0.05, 0) is 33.4 Å². The van der Waals surface area contributed by atoms with Crippen molar-refractivity contribution < 1.29 is 9.59 Å². The molecule has 18 heavy (non-hydrogen) atoms. The number of nitrogens with zero attached hydrogens (tertiary/aromatic N) is 2. The summed E-state index contributed by atoms with van der Waals surface area (Å²) in [5, 5.41) is 9.10. The Morgan fingerprint density at radius 3 is 2.44 bits per heavy atom. The fourth-order valence-electron chi connectivity index (χ4n) is 1.31. The lowest BCUT2D eigenvalue weighted by atomic mass is 10.1. The number of hydrogen-bond acceptors (Lipinski definition) is 5. The van der Waals surface area contributed by atoms with Gasteiger partial charge in [-0.15, -0.1) is 0 Å². The van der Waals surface area contributed by atoms with Gasteiger partial charge in [-0.25, -0.2) is 0 Å². The molecule has 0 N–H and O–H groups in total. The first-order chi connectivity index (χ1) is 8.27. The van der Waals surface area contributed by atoms with E-state index in [-0.39, 0.29) is 18.1 Å². The Bertz CT molecular complexity index is 354. The van der Waals surface area contributed by atoms with Crippen molar-refractivity contribution >= 4 is 33.3 Å². The molecule has 0 radical (unpaired) electrons. The Kier molecular flexibility index (Phi) is 7.41. The van der Waals surface area contributed by atoms with Crippen molar-refractivity contribution in [1.82, 2.24) is 4.90 Å². The lowest BCUT2D eigenvalue weighted by Crippen LogP contribution is -2.39. The molecule has 0 aliphatic heterocycles. The second-order valence-corrected chi connectivity index (χ2v) is 7.28. The zero-order valence-electron chi connectivity index (χ0n) is 11.5. The summed E-state index contributed by atoms with van der Waals surface area (Å²) in [6.07, 6.45) is 2.68. The van der Waals surface area contributed by atoms with Crippen molar-refractivity contribution in [3.63, 3.8) is 0 Å². The third-order valence-electron chi connectivity index (χ3n) is 2.88. The molecule has 6 heteroatoms. The highest BCUT2D eigenvalue weighted by atomic mass is 33.1. The highest BCUT2D eigenvalue weighted by Crippen LogP contribution is 2.37. The topological polar surface area (TPSA) is 61.2 Å². The van der Waals surface area contributed by atoms with E-state index in [1.165, 1.54) is 33.4 Å². The minimum absolute atomic E-state index is 0.0348. The maximum Gasteiger partial charge on any atom is 0.223 e. The molecular formula is C12H20N2O2S2. The molecule has 0 spiro atoms. The van der Waals surface area contributed by atoms with Gasteiger partial charge in [0.2, 0.25) is 5.91 Å². The predicted octanol–water partition coefficient (Wildman–Crippen LogP) is 2.50. The van der Waals surface area contributed by atoms with Crippen molar-refractivity contribution in [3.05, 3.63) is 0 Å². The fraction of sp³-hybridized carbons (Fsp3) is 0.750. The van der Waals surface area contributed by atoms with Crippen LogP contribution in [0.2, 0.25) is 0 Å². The first-order valence-electron chi connectivity index (χ1n) is 5.66. The number of hydrogen-bond donors (Lipinski definition) is 0. The molecule has 0 aromatic rings. The van der Waals surface area contributed by atoms with Crippen molar-refractivity contribution in [2.24, 2.45) is 0 Å². The molecule has 0 saturated heterocycles. The number of Topliss-reactive ketones (excluding diaryl/α,β-unsaturated/α-hetero) is 1. The monoisotopic (exact) mass is 288 g/mol. The van der Waals surface area contributed by atoms with Gasteiger partial charge in [0.15, 0.2) is 5.78 Å². The first kappa shape index (κ1) is 17.3. The summed E-state index contributed by atoms with van der Waals surface area (Å²) in [5.74, 6) is -0.131. The standard InChI is InChI=1S/C12H20N2O2S2/c1-9(10(2)15)14(4)11(16)6-7-12(3,8-13)18-17-5/h9H,6-7H2,1-5H3/t9-,12?/m1/s1. The highest BCUT2D eigenvalue weighted by molar-refractivity contribution is 8.77. The van der Waals surface area contributed by atoms with Crippen molar-refractivity contribution in [2.45, 2.75) is 44.4 Å². The zero-order chi connectivity index (χ0) is 14.3. The van der Waals surface area contributed by atoms with Crippen LogP contribution in [0.1, 0.15) is 33.6 Å². The summed E-state index contributed by atoms with van der Waals surface area (Å²) in [6.45, 7) is 5.01. The molecule has 0 aliphatic carbocycles. The minimum atomic E-state index is -0.560. The Balaban J connectivity index is 4.42. The molecule has 0 fully saturated rings. The van der Waals surface area contributed by atoms with E-state index >= 15 is 0 Å². The highest BCUT2D eigenvalue weighted by Gasteiger charge is 2.27. The van der Waals surface area contributed by atoms with Crippen LogP contribution in [-0.2, 0) is 9.59 Å². The number of rotatable bonds is 7. The van der Waals surface area contributed by atoms with Gasteiger partial charge in [-0.3, -0.25) is 9.59 Å². The molecule has 0 aliphatic rings. The van der Waals surface area contributed by atoms with Crippen molar-refractivity contribution in [3.8, 4) is 6.07 Å². The number of carbonyl (C=O) groups excluding carboxylic acids is 2. The Morgan fingerprint density at radius 2 is 2.06 bits per heavy atom. The molecule has 4 nitrogen and oxygen atoms in total. The van der Waals surface area contributed by atoms with Gasteiger partial charge in [-0.1, -0.05) is 21.6 Å². The van der Waals surface area contributed by atoms with Crippen LogP contribution in [-0.4, -0.2) is 40.7 Å². The van der Waals surface area contributed by atoms with Gasteiger partial charge < -0.3 is 4.90 Å². The molecule has 102 valence electrons. The van der Waals surface area contributed by atoms with Gasteiger partial charge in [0.1, 0.15) is 4.75 Å². The summed E-state index contributed by atoms with van der Waals surface area (Å²) in [7, 11) is 4.61. The van der Waals surface area contributed by atoms with Crippen LogP contribution in [0.15, 0.2) is 0 Å². The summed E-state index contributed by atoms with van der Waals surface area (Å²) in [4.78, 5) is 24.5. The van der Waals surface area contributed by atoms with E-state index in [4.69, 9.17) is 5.26 Å². The van der Waals surface area contributed by atoms with Gasteiger partial charge in [0.05, 0.1) is 12.1 Å². The Hall–Kier alpha value is -0.670. The molecule has 0 rings (SSSR count). The fourth-order valence-corrected chi connectivity index (χ4v) is 3.37. The minimum Gasteiger partial charge on any atom is -0.336 e. The SMILES string of the molecule is CSSC(C)(C#N)CCC(=O)N(C)[C@H](C)C(C)=O. The molecule has 1 unspecified atom stereocenters. The average molecular weight is 288 g/mol. The van der Waals surface area contributed by atoms with Gasteiger partial charge in [0, 0.05) is 13.5 Å². The van der Waals surface area contributed by atoms with Crippen LogP contribution in [0.4, 0.5) is 0 Å².